The van der Waals surface area contributed by atoms with E-state index in [9.17, 15) is 9.18 Å². The third-order valence-corrected chi connectivity index (χ3v) is 6.79. The largest absolute Gasteiger partial charge is 0.404 e. The zero-order valence-electron chi connectivity index (χ0n) is 23.4. The Hall–Kier alpha value is -3.43. The van der Waals surface area contributed by atoms with Gasteiger partial charge in [0, 0.05) is 36.1 Å². The van der Waals surface area contributed by atoms with Crippen molar-refractivity contribution in [3.8, 4) is 11.3 Å². The standard InChI is InChI=1S/C17H30N4.C13H11FN2O2/c1-4-6-11-21(5-2)15(3)13-19-14-16(12-18)17-9-7-8-10-20-17;14-11-4-2-1-3-9(11)13-10(7-17)12-8-18-6-5-16(12)15-13/h7,9,12,14-15H,4-6,8,10-11,13,18H2,1-3H3;1-4,7H,5-6,8H2/b16-12+,19-14?;/t15-;/m0./s1. The van der Waals surface area contributed by atoms with E-state index in [0.29, 0.717) is 42.6 Å². The normalized spacial score (nSPS) is 16.0. The second kappa shape index (κ2) is 15.9. The van der Waals surface area contributed by atoms with Gasteiger partial charge >= 0.3 is 0 Å². The van der Waals surface area contributed by atoms with E-state index in [2.05, 4.69) is 46.8 Å². The molecular formula is C30H41FN6O2. The highest BCUT2D eigenvalue weighted by molar-refractivity contribution is 6.21. The number of carbonyl (C=O) groups is 1. The molecule has 0 unspecified atom stereocenters. The van der Waals surface area contributed by atoms with Crippen molar-refractivity contribution in [2.24, 2.45) is 15.7 Å². The molecule has 0 spiro atoms. The summed E-state index contributed by atoms with van der Waals surface area (Å²) >= 11 is 0. The van der Waals surface area contributed by atoms with Gasteiger partial charge in [0.1, 0.15) is 11.5 Å². The van der Waals surface area contributed by atoms with E-state index in [1.807, 2.05) is 12.3 Å². The average molecular weight is 537 g/mol. The number of allylic oxidation sites excluding steroid dienone is 2. The number of nitrogens with two attached hydrogens (primary N) is 1. The quantitative estimate of drug-likeness (QED) is 0.327. The molecule has 2 N–H and O–H groups in total. The van der Waals surface area contributed by atoms with Crippen molar-refractivity contribution in [2.75, 3.05) is 32.8 Å². The maximum atomic E-state index is 13.8. The smallest absolute Gasteiger partial charge is 0.154 e. The van der Waals surface area contributed by atoms with Crippen molar-refractivity contribution >= 4 is 18.2 Å². The Morgan fingerprint density at radius 1 is 1.33 bits per heavy atom. The number of nitrogens with zero attached hydrogens (tertiary/aromatic N) is 5. The molecule has 0 bridgehead atoms. The van der Waals surface area contributed by atoms with Crippen LogP contribution in [-0.2, 0) is 17.9 Å². The summed E-state index contributed by atoms with van der Waals surface area (Å²) < 4.78 is 20.8. The number of rotatable bonds is 11. The molecule has 0 aliphatic carbocycles. The first-order chi connectivity index (χ1) is 19.0. The van der Waals surface area contributed by atoms with Gasteiger partial charge in [-0.25, -0.2) is 4.39 Å². The molecule has 0 saturated carbocycles. The molecule has 0 fully saturated rings. The van der Waals surface area contributed by atoms with E-state index < -0.39 is 0 Å². The van der Waals surface area contributed by atoms with E-state index in [1.54, 1.807) is 29.1 Å². The summed E-state index contributed by atoms with van der Waals surface area (Å²) in [5.41, 5.74) is 9.42. The Morgan fingerprint density at radius 2 is 2.15 bits per heavy atom. The van der Waals surface area contributed by atoms with Gasteiger partial charge in [-0.1, -0.05) is 38.5 Å². The zero-order valence-corrected chi connectivity index (χ0v) is 23.4. The molecule has 39 heavy (non-hydrogen) atoms. The predicted octanol–water partition coefficient (Wildman–Crippen LogP) is 4.84. The molecule has 2 aliphatic rings. The van der Waals surface area contributed by atoms with Crippen LogP contribution in [0.15, 0.2) is 58.2 Å². The summed E-state index contributed by atoms with van der Waals surface area (Å²) in [6.07, 6.45) is 11.8. The number of aromatic nitrogens is 2. The number of halogens is 1. The van der Waals surface area contributed by atoms with Gasteiger partial charge in [0.2, 0.25) is 0 Å². The fraction of sp³-hybridized carbons (Fsp3) is 0.467. The number of unbranched alkanes of at least 4 members (excludes halogenated alkanes) is 1. The lowest BCUT2D eigenvalue weighted by molar-refractivity contribution is 0.0789. The fourth-order valence-electron chi connectivity index (χ4n) is 4.50. The number of ether oxygens (including phenoxy) is 1. The fourth-order valence-corrected chi connectivity index (χ4v) is 4.50. The molecule has 210 valence electrons. The number of hydrogen-bond acceptors (Lipinski definition) is 7. The second-order valence-corrected chi connectivity index (χ2v) is 9.49. The molecule has 1 aromatic carbocycles. The highest BCUT2D eigenvalue weighted by Crippen LogP contribution is 2.28. The average Bonchev–Trinajstić information content (AvgIpc) is 3.35. The lowest BCUT2D eigenvalue weighted by Crippen LogP contribution is -2.35. The van der Waals surface area contributed by atoms with Crippen LogP contribution < -0.4 is 5.73 Å². The van der Waals surface area contributed by atoms with E-state index >= 15 is 0 Å². The van der Waals surface area contributed by atoms with Crippen LogP contribution in [0.2, 0.25) is 0 Å². The van der Waals surface area contributed by atoms with Crippen LogP contribution in [0.3, 0.4) is 0 Å². The predicted molar refractivity (Wildman–Crippen MR) is 156 cm³/mol. The van der Waals surface area contributed by atoms with Crippen LogP contribution in [0.4, 0.5) is 4.39 Å². The van der Waals surface area contributed by atoms with Crippen LogP contribution in [-0.4, -0.2) is 71.7 Å². The first-order valence-electron chi connectivity index (χ1n) is 13.8. The molecule has 0 saturated heterocycles. The van der Waals surface area contributed by atoms with Crippen LogP contribution in [0.5, 0.6) is 0 Å². The minimum Gasteiger partial charge on any atom is -0.404 e. The topological polar surface area (TPSA) is 98.1 Å². The molecule has 3 heterocycles. The van der Waals surface area contributed by atoms with Crippen molar-refractivity contribution in [1.82, 2.24) is 14.7 Å². The number of aldehydes is 1. The van der Waals surface area contributed by atoms with Crippen molar-refractivity contribution < 1.29 is 13.9 Å². The van der Waals surface area contributed by atoms with E-state index in [0.717, 1.165) is 55.9 Å². The minimum absolute atomic E-state index is 0.343. The van der Waals surface area contributed by atoms with Crippen molar-refractivity contribution in [2.45, 2.75) is 59.2 Å². The lowest BCUT2D eigenvalue weighted by atomic mass is 10.1. The van der Waals surface area contributed by atoms with E-state index in [4.69, 9.17) is 10.5 Å². The third kappa shape index (κ3) is 8.28. The lowest BCUT2D eigenvalue weighted by Gasteiger charge is -2.26. The Balaban J connectivity index is 0.000000217. The SMILES string of the molecule is CCCCN(CC)[C@@H](C)CN=C/C(=C\N)C1=NCCC=C1.O=Cc1c(-c2ccccc2F)nn2c1COCC2. The minimum atomic E-state index is -0.378. The molecule has 2 aromatic rings. The van der Waals surface area contributed by atoms with Crippen molar-refractivity contribution in [3.05, 3.63) is 65.3 Å². The Bertz CT molecular complexity index is 1200. The highest BCUT2D eigenvalue weighted by Gasteiger charge is 2.22. The maximum absolute atomic E-state index is 13.8. The first kappa shape index (κ1) is 30.1. The second-order valence-electron chi connectivity index (χ2n) is 9.49. The van der Waals surface area contributed by atoms with Gasteiger partial charge in [0.05, 0.1) is 43.3 Å². The summed E-state index contributed by atoms with van der Waals surface area (Å²) in [7, 11) is 0. The molecule has 2 aliphatic heterocycles. The molecular weight excluding hydrogens is 495 g/mol. The van der Waals surface area contributed by atoms with Crippen LogP contribution >= 0.6 is 0 Å². The van der Waals surface area contributed by atoms with Gasteiger partial charge in [0.15, 0.2) is 6.29 Å². The first-order valence-corrected chi connectivity index (χ1v) is 13.8. The number of fused-ring (bicyclic) bond motifs is 1. The number of carbonyl (C=O) groups excluding carboxylic acids is 1. The number of benzene rings is 1. The van der Waals surface area contributed by atoms with Gasteiger partial charge in [-0.3, -0.25) is 24.4 Å². The van der Waals surface area contributed by atoms with Gasteiger partial charge in [-0.2, -0.15) is 5.10 Å². The zero-order chi connectivity index (χ0) is 28.0. The molecule has 0 radical (unpaired) electrons. The molecule has 0 amide bonds. The van der Waals surface area contributed by atoms with Crippen LogP contribution in [0.1, 0.15) is 56.1 Å². The number of hydrogen-bond donors (Lipinski definition) is 1. The van der Waals surface area contributed by atoms with Gasteiger partial charge in [-0.05, 0) is 51.1 Å². The number of aliphatic imine (C=N–C) groups is 2. The number of likely N-dealkylation sites (N-methyl/N-ethyl adjacent to an activating group) is 1. The van der Waals surface area contributed by atoms with Crippen LogP contribution in [0, 0.1) is 5.82 Å². The van der Waals surface area contributed by atoms with E-state index in [-0.39, 0.29) is 5.82 Å². The summed E-state index contributed by atoms with van der Waals surface area (Å²) in [4.78, 5) is 22.7. The molecule has 8 nitrogen and oxygen atoms in total. The molecule has 1 aromatic heterocycles. The monoisotopic (exact) mass is 536 g/mol. The van der Waals surface area contributed by atoms with Gasteiger partial charge < -0.3 is 10.5 Å². The van der Waals surface area contributed by atoms with Crippen molar-refractivity contribution in [3.63, 3.8) is 0 Å². The maximum Gasteiger partial charge on any atom is 0.154 e. The molecule has 4 rings (SSSR count). The number of dihydropyridines is 1. The summed E-state index contributed by atoms with van der Waals surface area (Å²) in [6, 6.07) is 6.78. The van der Waals surface area contributed by atoms with Gasteiger partial charge in [0.25, 0.3) is 0 Å². The molecule has 1 atom stereocenters. The van der Waals surface area contributed by atoms with Crippen LogP contribution in [0.25, 0.3) is 11.3 Å². The van der Waals surface area contributed by atoms with Crippen molar-refractivity contribution in [1.29, 1.82) is 0 Å². The summed E-state index contributed by atoms with van der Waals surface area (Å²) in [6.45, 7) is 12.0. The van der Waals surface area contributed by atoms with Gasteiger partial charge in [-0.15, -0.1) is 0 Å². The Labute approximate surface area is 231 Å². The van der Waals surface area contributed by atoms with E-state index in [1.165, 1.54) is 18.9 Å². The summed E-state index contributed by atoms with van der Waals surface area (Å²) in [5.74, 6) is -0.378. The Morgan fingerprint density at radius 3 is 2.82 bits per heavy atom. The Kier molecular flexibility index (Phi) is 12.2. The molecule has 9 heteroatoms. The third-order valence-electron chi connectivity index (χ3n) is 6.79. The summed E-state index contributed by atoms with van der Waals surface area (Å²) in [5, 5.41) is 4.32. The highest BCUT2D eigenvalue weighted by atomic mass is 19.1.